The first-order valence-corrected chi connectivity index (χ1v) is 9.79. The molecule has 0 spiro atoms. The Balaban J connectivity index is 1.81. The predicted molar refractivity (Wildman–Crippen MR) is 112 cm³/mol. The van der Waals surface area contributed by atoms with Crippen LogP contribution < -0.4 is 0 Å². The number of aryl methyl sites for hydroxylation is 1. The van der Waals surface area contributed by atoms with E-state index in [0.717, 1.165) is 26.7 Å². The van der Waals surface area contributed by atoms with Crippen molar-refractivity contribution in [2.75, 3.05) is 0 Å². The van der Waals surface area contributed by atoms with Crippen molar-refractivity contribution in [3.05, 3.63) is 106 Å². The third-order valence-corrected chi connectivity index (χ3v) is 5.48. The summed E-state index contributed by atoms with van der Waals surface area (Å²) < 4.78 is 0.964. The van der Waals surface area contributed by atoms with Gasteiger partial charge in [0, 0.05) is 29.0 Å². The standard InChI is InChI=1S/C23H19BrN2O2/c1-15-2-4-17(5-3-15)20-21(18-6-8-19(24)9-7-18)26(23(28)22(20)27)14-16-10-12-25-13-11-16/h2-13,21,27H,14H2,1H3/t21-/m1/s1. The van der Waals surface area contributed by atoms with Gasteiger partial charge in [-0.1, -0.05) is 57.9 Å². The molecule has 1 N–H and O–H groups in total. The summed E-state index contributed by atoms with van der Waals surface area (Å²) in [5, 5.41) is 10.8. The summed E-state index contributed by atoms with van der Waals surface area (Å²) in [6.07, 6.45) is 3.41. The lowest BCUT2D eigenvalue weighted by atomic mass is 9.93. The summed E-state index contributed by atoms with van der Waals surface area (Å²) in [7, 11) is 0. The van der Waals surface area contributed by atoms with Crippen molar-refractivity contribution >= 4 is 27.4 Å². The third kappa shape index (κ3) is 3.45. The van der Waals surface area contributed by atoms with Crippen LogP contribution in [0.1, 0.15) is 28.3 Å². The summed E-state index contributed by atoms with van der Waals surface area (Å²) in [5.41, 5.74) is 4.53. The van der Waals surface area contributed by atoms with Crippen molar-refractivity contribution in [2.45, 2.75) is 19.5 Å². The van der Waals surface area contributed by atoms with E-state index in [0.29, 0.717) is 12.1 Å². The van der Waals surface area contributed by atoms with Crippen LogP contribution in [-0.4, -0.2) is 20.9 Å². The molecule has 140 valence electrons. The van der Waals surface area contributed by atoms with Gasteiger partial charge in [0.2, 0.25) is 0 Å². The average molecular weight is 435 g/mol. The van der Waals surface area contributed by atoms with E-state index in [-0.39, 0.29) is 17.7 Å². The van der Waals surface area contributed by atoms with Crippen LogP contribution in [0.2, 0.25) is 0 Å². The van der Waals surface area contributed by atoms with E-state index in [9.17, 15) is 9.90 Å². The number of aliphatic hydroxyl groups excluding tert-OH is 1. The second-order valence-electron chi connectivity index (χ2n) is 6.87. The highest BCUT2D eigenvalue weighted by Gasteiger charge is 2.40. The fourth-order valence-electron chi connectivity index (χ4n) is 3.52. The number of amides is 1. The second-order valence-corrected chi connectivity index (χ2v) is 7.79. The Labute approximate surface area is 172 Å². The number of hydrogen-bond donors (Lipinski definition) is 1. The van der Waals surface area contributed by atoms with Gasteiger partial charge in [-0.05, 0) is 47.9 Å². The Morgan fingerprint density at radius 1 is 1.00 bits per heavy atom. The van der Waals surface area contributed by atoms with Crippen molar-refractivity contribution in [1.82, 2.24) is 9.88 Å². The lowest BCUT2D eigenvalue weighted by molar-refractivity contribution is -0.130. The Hall–Kier alpha value is -2.92. The number of aromatic nitrogens is 1. The largest absolute Gasteiger partial charge is 0.503 e. The van der Waals surface area contributed by atoms with E-state index in [4.69, 9.17) is 0 Å². The van der Waals surface area contributed by atoms with Crippen LogP contribution >= 0.6 is 15.9 Å². The molecule has 4 nitrogen and oxygen atoms in total. The number of carbonyl (C=O) groups excluding carboxylic acids is 1. The van der Waals surface area contributed by atoms with E-state index in [1.54, 1.807) is 17.3 Å². The van der Waals surface area contributed by atoms with Crippen molar-refractivity contribution in [1.29, 1.82) is 0 Å². The molecule has 0 unspecified atom stereocenters. The molecule has 0 radical (unpaired) electrons. The first-order chi connectivity index (χ1) is 13.5. The highest BCUT2D eigenvalue weighted by Crippen LogP contribution is 2.43. The number of aliphatic hydroxyl groups is 1. The maximum Gasteiger partial charge on any atom is 0.290 e. The Morgan fingerprint density at radius 3 is 2.29 bits per heavy atom. The zero-order valence-electron chi connectivity index (χ0n) is 15.3. The minimum atomic E-state index is -0.364. The van der Waals surface area contributed by atoms with Crippen molar-refractivity contribution in [3.8, 4) is 0 Å². The summed E-state index contributed by atoms with van der Waals surface area (Å²) in [6.45, 7) is 2.40. The maximum absolute atomic E-state index is 13.0. The molecule has 3 aromatic rings. The van der Waals surface area contributed by atoms with Crippen molar-refractivity contribution in [3.63, 3.8) is 0 Å². The van der Waals surface area contributed by atoms with Crippen LogP contribution in [0.25, 0.3) is 5.57 Å². The van der Waals surface area contributed by atoms with Gasteiger partial charge in [-0.15, -0.1) is 0 Å². The predicted octanol–water partition coefficient (Wildman–Crippen LogP) is 5.21. The smallest absolute Gasteiger partial charge is 0.290 e. The van der Waals surface area contributed by atoms with Gasteiger partial charge < -0.3 is 10.0 Å². The number of nitrogens with zero attached hydrogens (tertiary/aromatic N) is 2. The zero-order valence-corrected chi connectivity index (χ0v) is 16.9. The molecule has 2 aromatic carbocycles. The van der Waals surface area contributed by atoms with Crippen LogP contribution in [0, 0.1) is 6.92 Å². The normalized spacial score (nSPS) is 16.7. The minimum absolute atomic E-state index is 0.189. The number of pyridine rings is 1. The fourth-order valence-corrected chi connectivity index (χ4v) is 3.79. The molecular formula is C23H19BrN2O2. The van der Waals surface area contributed by atoms with E-state index >= 15 is 0 Å². The Morgan fingerprint density at radius 2 is 1.64 bits per heavy atom. The van der Waals surface area contributed by atoms with E-state index < -0.39 is 0 Å². The molecule has 1 amide bonds. The Bertz CT molecular complexity index is 1030. The molecular weight excluding hydrogens is 416 g/mol. The summed E-state index contributed by atoms with van der Waals surface area (Å²) in [5.74, 6) is -0.550. The molecule has 4 rings (SSSR count). The van der Waals surface area contributed by atoms with Gasteiger partial charge in [0.1, 0.15) is 0 Å². The molecule has 0 fully saturated rings. The molecule has 0 saturated carbocycles. The summed E-state index contributed by atoms with van der Waals surface area (Å²) >= 11 is 3.47. The van der Waals surface area contributed by atoms with Gasteiger partial charge in [0.25, 0.3) is 5.91 Å². The molecule has 28 heavy (non-hydrogen) atoms. The monoisotopic (exact) mass is 434 g/mol. The number of benzene rings is 2. The highest BCUT2D eigenvalue weighted by atomic mass is 79.9. The third-order valence-electron chi connectivity index (χ3n) is 4.95. The molecule has 1 atom stereocenters. The number of rotatable bonds is 4. The SMILES string of the molecule is Cc1ccc(C2=C(O)C(=O)N(Cc3ccncc3)[C@@H]2c2ccc(Br)cc2)cc1. The van der Waals surface area contributed by atoms with Crippen LogP contribution in [0.4, 0.5) is 0 Å². The average Bonchev–Trinajstić information content (AvgIpc) is 2.95. The highest BCUT2D eigenvalue weighted by molar-refractivity contribution is 9.10. The van der Waals surface area contributed by atoms with Crippen LogP contribution in [-0.2, 0) is 11.3 Å². The first kappa shape index (κ1) is 18.4. The number of hydrogen-bond acceptors (Lipinski definition) is 3. The van der Waals surface area contributed by atoms with Gasteiger partial charge in [-0.3, -0.25) is 9.78 Å². The van der Waals surface area contributed by atoms with E-state index in [1.165, 1.54) is 0 Å². The van der Waals surface area contributed by atoms with Gasteiger partial charge in [-0.25, -0.2) is 0 Å². The first-order valence-electron chi connectivity index (χ1n) is 9.00. The quantitative estimate of drug-likeness (QED) is 0.613. The zero-order chi connectivity index (χ0) is 19.7. The second kappa shape index (κ2) is 7.60. The number of carbonyl (C=O) groups is 1. The summed E-state index contributed by atoms with van der Waals surface area (Å²) in [4.78, 5) is 18.8. The molecule has 0 bridgehead atoms. The molecule has 1 aliphatic heterocycles. The van der Waals surface area contributed by atoms with Crippen LogP contribution in [0.5, 0.6) is 0 Å². The maximum atomic E-state index is 13.0. The minimum Gasteiger partial charge on any atom is -0.503 e. The van der Waals surface area contributed by atoms with Gasteiger partial charge >= 0.3 is 0 Å². The van der Waals surface area contributed by atoms with Gasteiger partial charge in [-0.2, -0.15) is 0 Å². The van der Waals surface area contributed by atoms with Crippen molar-refractivity contribution < 1.29 is 9.90 Å². The lowest BCUT2D eigenvalue weighted by Crippen LogP contribution is -2.29. The Kier molecular flexibility index (Phi) is 5.01. The van der Waals surface area contributed by atoms with Crippen LogP contribution in [0.3, 0.4) is 0 Å². The topological polar surface area (TPSA) is 53.4 Å². The molecule has 0 aliphatic carbocycles. The molecule has 2 heterocycles. The molecule has 5 heteroatoms. The van der Waals surface area contributed by atoms with Crippen LogP contribution in [0.15, 0.2) is 83.3 Å². The molecule has 1 aliphatic rings. The van der Waals surface area contributed by atoms with Gasteiger partial charge in [0.15, 0.2) is 5.76 Å². The summed E-state index contributed by atoms with van der Waals surface area (Å²) in [6, 6.07) is 19.2. The fraction of sp³-hybridized carbons (Fsp3) is 0.130. The lowest BCUT2D eigenvalue weighted by Gasteiger charge is -2.27. The molecule has 0 saturated heterocycles. The molecule has 1 aromatic heterocycles. The van der Waals surface area contributed by atoms with E-state index in [2.05, 4.69) is 20.9 Å². The van der Waals surface area contributed by atoms with Crippen molar-refractivity contribution in [2.24, 2.45) is 0 Å². The van der Waals surface area contributed by atoms with E-state index in [1.807, 2.05) is 67.6 Å². The number of halogens is 1. The van der Waals surface area contributed by atoms with Gasteiger partial charge in [0.05, 0.1) is 6.04 Å².